The number of carbonyl (C=O) groups excluding carboxylic acids is 2. The third kappa shape index (κ3) is 4.42. The fraction of sp³-hybridized carbons (Fsp3) is 0.0870. The van der Waals surface area contributed by atoms with Gasteiger partial charge in [-0.1, -0.05) is 72.5 Å². The number of thioether (sulfide) groups is 1. The average molecular weight is 437 g/mol. The van der Waals surface area contributed by atoms with E-state index in [0.717, 1.165) is 22.5 Å². The molecule has 30 heavy (non-hydrogen) atoms. The zero-order chi connectivity index (χ0) is 21.1. The third-order valence-corrected chi connectivity index (χ3v) is 6.04. The van der Waals surface area contributed by atoms with Crippen LogP contribution in [0.15, 0.2) is 71.6 Å². The maximum Gasteiger partial charge on any atom is 0.266 e. The highest BCUT2D eigenvalue weighted by molar-refractivity contribution is 8.26. The summed E-state index contributed by atoms with van der Waals surface area (Å²) in [6, 6.07) is 19.8. The Morgan fingerprint density at radius 2 is 1.80 bits per heavy atom. The van der Waals surface area contributed by atoms with Crippen LogP contribution in [0.5, 0.6) is 0 Å². The standard InChI is InChI=1S/C23H17FN2O2S2/c24-19-8-4-3-7-17(19)14-20-22(28)26(23(29)30-20)12-11-21(27)25-18-10-9-15-5-1-2-6-16(15)13-18/h1-10,13-14H,11-12H2,(H,25,27). The highest BCUT2D eigenvalue weighted by atomic mass is 32.2. The first-order valence-electron chi connectivity index (χ1n) is 9.30. The Kier molecular flexibility index (Phi) is 5.92. The zero-order valence-electron chi connectivity index (χ0n) is 15.8. The highest BCUT2D eigenvalue weighted by Crippen LogP contribution is 2.33. The molecule has 0 atom stereocenters. The smallest absolute Gasteiger partial charge is 0.266 e. The monoisotopic (exact) mass is 436 g/mol. The van der Waals surface area contributed by atoms with Crippen molar-refractivity contribution in [3.63, 3.8) is 0 Å². The SMILES string of the molecule is O=C(CCN1C(=O)C(=Cc2ccccc2F)SC1=S)Nc1ccc2ccccc2c1. The Morgan fingerprint density at radius 3 is 2.60 bits per heavy atom. The number of hydrogen-bond acceptors (Lipinski definition) is 4. The molecule has 0 unspecified atom stereocenters. The number of thiocarbonyl (C=S) groups is 1. The second kappa shape index (κ2) is 8.77. The lowest BCUT2D eigenvalue weighted by Gasteiger charge is -2.14. The van der Waals surface area contributed by atoms with Crippen LogP contribution in [0.4, 0.5) is 10.1 Å². The number of benzene rings is 3. The Morgan fingerprint density at radius 1 is 1.07 bits per heavy atom. The summed E-state index contributed by atoms with van der Waals surface area (Å²) in [6.07, 6.45) is 1.59. The first-order valence-corrected chi connectivity index (χ1v) is 10.5. The summed E-state index contributed by atoms with van der Waals surface area (Å²) in [7, 11) is 0. The second-order valence-corrected chi connectivity index (χ2v) is 8.39. The molecule has 3 aromatic carbocycles. The van der Waals surface area contributed by atoms with Gasteiger partial charge in [-0.25, -0.2) is 4.39 Å². The topological polar surface area (TPSA) is 49.4 Å². The quantitative estimate of drug-likeness (QED) is 0.441. The number of carbonyl (C=O) groups is 2. The number of nitrogens with one attached hydrogen (secondary N) is 1. The average Bonchev–Trinajstić information content (AvgIpc) is 3.00. The minimum atomic E-state index is -0.405. The van der Waals surface area contributed by atoms with E-state index in [2.05, 4.69) is 5.32 Å². The van der Waals surface area contributed by atoms with Crippen molar-refractivity contribution in [3.8, 4) is 0 Å². The lowest BCUT2D eigenvalue weighted by Crippen LogP contribution is -2.31. The molecular formula is C23H17FN2O2S2. The fourth-order valence-corrected chi connectivity index (χ4v) is 4.43. The van der Waals surface area contributed by atoms with Crippen LogP contribution in [0.2, 0.25) is 0 Å². The van der Waals surface area contributed by atoms with Gasteiger partial charge >= 0.3 is 0 Å². The van der Waals surface area contributed by atoms with Crippen LogP contribution in [0.3, 0.4) is 0 Å². The van der Waals surface area contributed by atoms with Gasteiger partial charge in [0, 0.05) is 24.2 Å². The maximum absolute atomic E-state index is 13.9. The molecule has 7 heteroatoms. The summed E-state index contributed by atoms with van der Waals surface area (Å²) in [5, 5.41) is 4.98. The molecule has 0 aliphatic carbocycles. The van der Waals surface area contributed by atoms with Crippen molar-refractivity contribution in [3.05, 3.63) is 83.0 Å². The van der Waals surface area contributed by atoms with Crippen LogP contribution in [-0.4, -0.2) is 27.6 Å². The van der Waals surface area contributed by atoms with Crippen molar-refractivity contribution >= 4 is 62.7 Å². The molecule has 0 bridgehead atoms. The van der Waals surface area contributed by atoms with Gasteiger partial charge in [-0.3, -0.25) is 14.5 Å². The molecule has 4 nitrogen and oxygen atoms in total. The zero-order valence-corrected chi connectivity index (χ0v) is 17.4. The molecule has 1 saturated heterocycles. The number of fused-ring (bicyclic) bond motifs is 1. The first-order chi connectivity index (χ1) is 14.5. The molecule has 0 saturated carbocycles. The van der Waals surface area contributed by atoms with Crippen molar-refractivity contribution in [1.82, 2.24) is 4.90 Å². The van der Waals surface area contributed by atoms with E-state index < -0.39 is 5.82 Å². The van der Waals surface area contributed by atoms with Crippen LogP contribution >= 0.6 is 24.0 Å². The van der Waals surface area contributed by atoms with Gasteiger partial charge in [0.2, 0.25) is 5.91 Å². The number of hydrogen-bond donors (Lipinski definition) is 1. The van der Waals surface area contributed by atoms with Crippen molar-refractivity contribution in [2.75, 3.05) is 11.9 Å². The number of rotatable bonds is 5. The van der Waals surface area contributed by atoms with E-state index in [0.29, 0.717) is 20.5 Å². The largest absolute Gasteiger partial charge is 0.326 e. The minimum absolute atomic E-state index is 0.103. The van der Waals surface area contributed by atoms with Gasteiger partial charge in [-0.15, -0.1) is 0 Å². The molecule has 0 radical (unpaired) electrons. The summed E-state index contributed by atoms with van der Waals surface area (Å²) >= 11 is 6.39. The molecule has 1 N–H and O–H groups in total. The van der Waals surface area contributed by atoms with Gasteiger partial charge in [0.05, 0.1) is 4.91 Å². The summed E-state index contributed by atoms with van der Waals surface area (Å²) in [6.45, 7) is 0.165. The summed E-state index contributed by atoms with van der Waals surface area (Å²) in [5.74, 6) is -0.929. The van der Waals surface area contributed by atoms with Crippen LogP contribution in [0.1, 0.15) is 12.0 Å². The van der Waals surface area contributed by atoms with Crippen LogP contribution in [-0.2, 0) is 9.59 Å². The molecule has 3 aromatic rings. The normalized spacial score (nSPS) is 15.2. The predicted octanol–water partition coefficient (Wildman–Crippen LogP) is 5.21. The van der Waals surface area contributed by atoms with E-state index >= 15 is 0 Å². The van der Waals surface area contributed by atoms with Crippen molar-refractivity contribution in [1.29, 1.82) is 0 Å². The molecule has 1 aliphatic heterocycles. The molecule has 150 valence electrons. The molecule has 1 heterocycles. The molecule has 4 rings (SSSR count). The number of anilines is 1. The molecule has 2 amide bonds. The van der Waals surface area contributed by atoms with E-state index in [1.54, 1.807) is 18.2 Å². The molecule has 0 spiro atoms. The Balaban J connectivity index is 1.39. The molecule has 1 fully saturated rings. The Labute approximate surface area is 182 Å². The molecule has 0 aromatic heterocycles. The summed E-state index contributed by atoms with van der Waals surface area (Å²) in [4.78, 5) is 26.7. The van der Waals surface area contributed by atoms with E-state index in [1.807, 2.05) is 42.5 Å². The highest BCUT2D eigenvalue weighted by Gasteiger charge is 2.32. The minimum Gasteiger partial charge on any atom is -0.326 e. The summed E-state index contributed by atoms with van der Waals surface area (Å²) < 4.78 is 14.2. The fourth-order valence-electron chi connectivity index (χ4n) is 3.13. The number of nitrogens with zero attached hydrogens (tertiary/aromatic N) is 1. The van der Waals surface area contributed by atoms with E-state index in [1.165, 1.54) is 17.0 Å². The Bertz CT molecular complexity index is 1190. The lowest BCUT2D eigenvalue weighted by molar-refractivity contribution is -0.122. The Hall–Kier alpha value is -3.03. The maximum atomic E-state index is 13.9. The second-order valence-electron chi connectivity index (χ2n) is 6.71. The predicted molar refractivity (Wildman–Crippen MR) is 123 cm³/mol. The van der Waals surface area contributed by atoms with Gasteiger partial charge in [-0.2, -0.15) is 0 Å². The van der Waals surface area contributed by atoms with Gasteiger partial charge in [0.15, 0.2) is 0 Å². The van der Waals surface area contributed by atoms with Gasteiger partial charge in [0.25, 0.3) is 5.91 Å². The summed E-state index contributed by atoms with van der Waals surface area (Å²) in [5.41, 5.74) is 1.02. The van der Waals surface area contributed by atoms with Gasteiger partial charge in [0.1, 0.15) is 10.1 Å². The van der Waals surface area contributed by atoms with Crippen molar-refractivity contribution in [2.45, 2.75) is 6.42 Å². The van der Waals surface area contributed by atoms with E-state index in [9.17, 15) is 14.0 Å². The van der Waals surface area contributed by atoms with Crippen molar-refractivity contribution < 1.29 is 14.0 Å². The lowest BCUT2D eigenvalue weighted by atomic mass is 10.1. The van der Waals surface area contributed by atoms with Gasteiger partial charge in [-0.05, 0) is 35.0 Å². The number of halogens is 1. The number of amides is 2. The third-order valence-electron chi connectivity index (χ3n) is 4.66. The van der Waals surface area contributed by atoms with Crippen LogP contribution in [0, 0.1) is 5.82 Å². The van der Waals surface area contributed by atoms with E-state index in [-0.39, 0.29) is 24.8 Å². The van der Waals surface area contributed by atoms with Gasteiger partial charge < -0.3 is 5.32 Å². The van der Waals surface area contributed by atoms with E-state index in [4.69, 9.17) is 12.2 Å². The van der Waals surface area contributed by atoms with Crippen LogP contribution in [0.25, 0.3) is 16.8 Å². The van der Waals surface area contributed by atoms with Crippen LogP contribution < -0.4 is 5.32 Å². The molecular weight excluding hydrogens is 419 g/mol. The first kappa shape index (κ1) is 20.3. The van der Waals surface area contributed by atoms with Crippen molar-refractivity contribution in [2.24, 2.45) is 0 Å². The molecule has 1 aliphatic rings.